The molecule has 0 radical (unpaired) electrons. The molecule has 0 saturated carbocycles. The minimum atomic E-state index is 0.598. The molecule has 0 spiro atoms. The van der Waals surface area contributed by atoms with E-state index in [1.165, 1.54) is 0 Å². The zero-order valence-electron chi connectivity index (χ0n) is 12.0. The highest BCUT2D eigenvalue weighted by Crippen LogP contribution is 2.29. The van der Waals surface area contributed by atoms with Crippen molar-refractivity contribution in [3.8, 4) is 0 Å². The lowest BCUT2D eigenvalue weighted by Gasteiger charge is -2.13. The van der Waals surface area contributed by atoms with Crippen molar-refractivity contribution < 1.29 is 0 Å². The molecule has 3 heteroatoms. The fraction of sp³-hybridized carbons (Fsp3) is 0.438. The number of halogens is 1. The van der Waals surface area contributed by atoms with Crippen molar-refractivity contribution in [2.45, 2.75) is 34.1 Å². The third-order valence-electron chi connectivity index (χ3n) is 3.13. The van der Waals surface area contributed by atoms with Gasteiger partial charge in [0.15, 0.2) is 0 Å². The molecule has 2 rings (SSSR count). The summed E-state index contributed by atoms with van der Waals surface area (Å²) in [5.41, 5.74) is 4.35. The van der Waals surface area contributed by atoms with Crippen LogP contribution in [0.4, 0.5) is 5.69 Å². The normalized spacial score (nSPS) is 11.3. The Kier molecular flexibility index (Phi) is 4.31. The number of anilines is 1. The van der Waals surface area contributed by atoms with Gasteiger partial charge in [0.1, 0.15) is 0 Å². The molecular formula is C16H21ClN2. The first-order chi connectivity index (χ1) is 9.01. The van der Waals surface area contributed by atoms with E-state index in [1.54, 1.807) is 0 Å². The van der Waals surface area contributed by atoms with Crippen LogP contribution >= 0.6 is 11.6 Å². The number of pyridine rings is 1. The molecule has 0 atom stereocenters. The smallest absolute Gasteiger partial charge is 0.0741 e. The van der Waals surface area contributed by atoms with Crippen LogP contribution in [0.25, 0.3) is 10.9 Å². The summed E-state index contributed by atoms with van der Waals surface area (Å²) in [6.07, 6.45) is 0.986. The van der Waals surface area contributed by atoms with Crippen LogP contribution in [0, 0.1) is 12.8 Å². The van der Waals surface area contributed by atoms with Crippen molar-refractivity contribution in [3.63, 3.8) is 0 Å². The van der Waals surface area contributed by atoms with Crippen molar-refractivity contribution in [1.29, 1.82) is 0 Å². The topological polar surface area (TPSA) is 24.9 Å². The molecule has 0 fully saturated rings. The Bertz CT molecular complexity index is 591. The summed E-state index contributed by atoms with van der Waals surface area (Å²) >= 11 is 6.21. The van der Waals surface area contributed by atoms with Crippen LogP contribution in [0.5, 0.6) is 0 Å². The van der Waals surface area contributed by atoms with Gasteiger partial charge in [-0.2, -0.15) is 0 Å². The summed E-state index contributed by atoms with van der Waals surface area (Å²) in [5, 5.41) is 5.36. The maximum Gasteiger partial charge on any atom is 0.0741 e. The molecule has 0 amide bonds. The van der Waals surface area contributed by atoms with Crippen molar-refractivity contribution in [2.75, 3.05) is 11.9 Å². The van der Waals surface area contributed by atoms with Crippen molar-refractivity contribution in [2.24, 2.45) is 5.92 Å². The number of benzene rings is 1. The molecule has 1 aromatic heterocycles. The maximum atomic E-state index is 6.21. The second-order valence-electron chi connectivity index (χ2n) is 5.41. The number of fused-ring (bicyclic) bond motifs is 1. The summed E-state index contributed by atoms with van der Waals surface area (Å²) in [7, 11) is 0. The first kappa shape index (κ1) is 14.1. The van der Waals surface area contributed by atoms with Crippen molar-refractivity contribution >= 4 is 28.2 Å². The number of aryl methyl sites for hydroxylation is 1. The van der Waals surface area contributed by atoms with E-state index in [0.717, 1.165) is 45.8 Å². The van der Waals surface area contributed by atoms with Gasteiger partial charge in [0.25, 0.3) is 0 Å². The van der Waals surface area contributed by atoms with Gasteiger partial charge in [0.2, 0.25) is 0 Å². The van der Waals surface area contributed by atoms with Gasteiger partial charge in [0, 0.05) is 28.3 Å². The van der Waals surface area contributed by atoms with Gasteiger partial charge in [-0.05, 0) is 49.9 Å². The average Bonchev–Trinajstić information content (AvgIpc) is 2.31. The molecule has 0 unspecified atom stereocenters. The largest absolute Gasteiger partial charge is 0.385 e. The summed E-state index contributed by atoms with van der Waals surface area (Å²) < 4.78 is 0. The van der Waals surface area contributed by atoms with Gasteiger partial charge in [-0.1, -0.05) is 25.4 Å². The minimum absolute atomic E-state index is 0.598. The molecule has 102 valence electrons. The zero-order chi connectivity index (χ0) is 14.0. The van der Waals surface area contributed by atoms with Gasteiger partial charge in [-0.25, -0.2) is 0 Å². The van der Waals surface area contributed by atoms with Crippen LogP contribution in [0.15, 0.2) is 18.2 Å². The summed E-state index contributed by atoms with van der Waals surface area (Å²) in [6.45, 7) is 9.46. The number of aromatic nitrogens is 1. The van der Waals surface area contributed by atoms with E-state index < -0.39 is 0 Å². The van der Waals surface area contributed by atoms with Crippen LogP contribution in [-0.4, -0.2) is 11.5 Å². The lowest BCUT2D eigenvalue weighted by molar-refractivity contribution is 0.637. The minimum Gasteiger partial charge on any atom is -0.385 e. The third kappa shape index (κ3) is 3.19. The Morgan fingerprint density at radius 2 is 2.00 bits per heavy atom. The lowest BCUT2D eigenvalue weighted by Crippen LogP contribution is -2.03. The molecule has 0 aliphatic rings. The summed E-state index contributed by atoms with van der Waals surface area (Å²) in [5.74, 6) is 0.598. The second kappa shape index (κ2) is 5.79. The van der Waals surface area contributed by atoms with Gasteiger partial charge in [-0.3, -0.25) is 4.98 Å². The van der Waals surface area contributed by atoms with Gasteiger partial charge < -0.3 is 5.32 Å². The Morgan fingerprint density at radius 1 is 1.26 bits per heavy atom. The number of nitrogens with zero attached hydrogens (tertiary/aromatic N) is 1. The van der Waals surface area contributed by atoms with E-state index in [0.29, 0.717) is 5.92 Å². The summed E-state index contributed by atoms with van der Waals surface area (Å²) in [6, 6.07) is 6.25. The standard InChI is InChI=1S/C16H21ClN2/c1-5-18-15-8-12(6-10(2)3)19-16-9-14(17)11(4)7-13(15)16/h7-10H,5-6H2,1-4H3,(H,18,19). The van der Waals surface area contributed by atoms with Gasteiger partial charge in [0.05, 0.1) is 5.52 Å². The fourth-order valence-electron chi connectivity index (χ4n) is 2.27. The van der Waals surface area contributed by atoms with E-state index >= 15 is 0 Å². The quantitative estimate of drug-likeness (QED) is 0.865. The van der Waals surface area contributed by atoms with Crippen molar-refractivity contribution in [3.05, 3.63) is 34.5 Å². The number of hydrogen-bond donors (Lipinski definition) is 1. The number of hydrogen-bond acceptors (Lipinski definition) is 2. The van der Waals surface area contributed by atoms with Crippen LogP contribution in [0.1, 0.15) is 32.0 Å². The molecule has 2 nitrogen and oxygen atoms in total. The van der Waals surface area contributed by atoms with E-state index in [9.17, 15) is 0 Å². The first-order valence-corrected chi connectivity index (χ1v) is 7.22. The Labute approximate surface area is 120 Å². The second-order valence-corrected chi connectivity index (χ2v) is 5.82. The van der Waals surface area contributed by atoms with Crippen LogP contribution in [0.3, 0.4) is 0 Å². The van der Waals surface area contributed by atoms with E-state index in [1.807, 2.05) is 13.0 Å². The van der Waals surface area contributed by atoms with E-state index in [4.69, 9.17) is 16.6 Å². The highest BCUT2D eigenvalue weighted by Gasteiger charge is 2.09. The predicted molar refractivity (Wildman–Crippen MR) is 84.2 cm³/mol. The number of nitrogens with one attached hydrogen (secondary N) is 1. The van der Waals surface area contributed by atoms with Gasteiger partial charge >= 0.3 is 0 Å². The lowest BCUT2D eigenvalue weighted by atomic mass is 10.0. The van der Waals surface area contributed by atoms with Crippen LogP contribution in [0.2, 0.25) is 5.02 Å². The molecule has 1 N–H and O–H groups in total. The molecule has 1 aromatic carbocycles. The van der Waals surface area contributed by atoms with Crippen LogP contribution < -0.4 is 5.32 Å². The Morgan fingerprint density at radius 3 is 2.63 bits per heavy atom. The molecular weight excluding hydrogens is 256 g/mol. The average molecular weight is 277 g/mol. The Balaban J connectivity index is 2.61. The van der Waals surface area contributed by atoms with Crippen molar-refractivity contribution in [1.82, 2.24) is 4.98 Å². The first-order valence-electron chi connectivity index (χ1n) is 6.85. The molecule has 0 bridgehead atoms. The van der Waals surface area contributed by atoms with Gasteiger partial charge in [-0.15, -0.1) is 0 Å². The molecule has 1 heterocycles. The summed E-state index contributed by atoms with van der Waals surface area (Å²) in [4.78, 5) is 4.74. The monoisotopic (exact) mass is 276 g/mol. The molecule has 0 saturated heterocycles. The van der Waals surface area contributed by atoms with Crippen LogP contribution in [-0.2, 0) is 6.42 Å². The molecule has 2 aromatic rings. The highest BCUT2D eigenvalue weighted by molar-refractivity contribution is 6.32. The molecule has 0 aliphatic carbocycles. The number of rotatable bonds is 4. The fourth-order valence-corrected chi connectivity index (χ4v) is 2.43. The van der Waals surface area contributed by atoms with E-state index in [-0.39, 0.29) is 0 Å². The molecule has 0 aliphatic heterocycles. The maximum absolute atomic E-state index is 6.21. The predicted octanol–water partition coefficient (Wildman–Crippen LogP) is 4.83. The highest BCUT2D eigenvalue weighted by atomic mass is 35.5. The zero-order valence-corrected chi connectivity index (χ0v) is 12.8. The molecule has 19 heavy (non-hydrogen) atoms. The third-order valence-corrected chi connectivity index (χ3v) is 3.53. The van der Waals surface area contributed by atoms with E-state index in [2.05, 4.69) is 38.2 Å². The Hall–Kier alpha value is -1.28. The SMILES string of the molecule is CCNc1cc(CC(C)C)nc2cc(Cl)c(C)cc12.